The van der Waals surface area contributed by atoms with Crippen LogP contribution >= 0.6 is 0 Å². The van der Waals surface area contributed by atoms with Gasteiger partial charge in [-0.05, 0) is 37.0 Å². The van der Waals surface area contributed by atoms with E-state index in [0.29, 0.717) is 11.5 Å². The second-order valence-electron chi connectivity index (χ2n) is 5.28. The van der Waals surface area contributed by atoms with Crippen molar-refractivity contribution in [1.82, 2.24) is 10.2 Å². The summed E-state index contributed by atoms with van der Waals surface area (Å²) in [6, 6.07) is 7.57. The number of nitrogen functional groups attached to an aromatic ring is 1. The lowest BCUT2D eigenvalue weighted by molar-refractivity contribution is -0.118. The zero-order valence-corrected chi connectivity index (χ0v) is 11.4. The van der Waals surface area contributed by atoms with Crippen LogP contribution in [0.5, 0.6) is 0 Å². The largest absolute Gasteiger partial charge is 0.399 e. The third-order valence-electron chi connectivity index (χ3n) is 3.99. The first-order valence-electron chi connectivity index (χ1n) is 6.85. The summed E-state index contributed by atoms with van der Waals surface area (Å²) >= 11 is 0. The number of carbonyl (C=O) groups is 1. The van der Waals surface area contributed by atoms with Crippen LogP contribution in [-0.2, 0) is 16.6 Å². The maximum absolute atomic E-state index is 12.6. The second-order valence-corrected chi connectivity index (χ2v) is 5.28. The van der Waals surface area contributed by atoms with E-state index >= 15 is 0 Å². The monoisotopic (exact) mass is 270 g/mol. The van der Waals surface area contributed by atoms with Crippen LogP contribution in [-0.4, -0.2) is 16.1 Å². The van der Waals surface area contributed by atoms with E-state index in [1.54, 1.807) is 6.20 Å². The van der Waals surface area contributed by atoms with Gasteiger partial charge in [-0.15, -0.1) is 0 Å². The van der Waals surface area contributed by atoms with E-state index in [4.69, 9.17) is 5.73 Å². The number of nitrogens with two attached hydrogens (primary N) is 1. The number of anilines is 2. The molecule has 0 spiro atoms. The van der Waals surface area contributed by atoms with Crippen LogP contribution in [0.15, 0.2) is 30.5 Å². The second kappa shape index (κ2) is 4.67. The molecule has 0 saturated heterocycles. The van der Waals surface area contributed by atoms with Crippen molar-refractivity contribution in [2.75, 3.05) is 11.1 Å². The maximum atomic E-state index is 12.6. The lowest BCUT2D eigenvalue weighted by Crippen LogP contribution is -2.28. The maximum Gasteiger partial charge on any atom is 0.236 e. The minimum absolute atomic E-state index is 0.0289. The van der Waals surface area contributed by atoms with E-state index in [-0.39, 0.29) is 5.91 Å². The van der Waals surface area contributed by atoms with E-state index in [9.17, 15) is 4.79 Å². The number of aryl methyl sites for hydroxylation is 1. The van der Waals surface area contributed by atoms with Gasteiger partial charge in [-0.25, -0.2) is 0 Å². The van der Waals surface area contributed by atoms with Gasteiger partial charge in [-0.3, -0.25) is 9.89 Å². The van der Waals surface area contributed by atoms with Gasteiger partial charge in [-0.2, -0.15) is 5.10 Å². The van der Waals surface area contributed by atoms with Crippen LogP contribution in [0.4, 0.5) is 11.5 Å². The molecule has 1 fully saturated rings. The Morgan fingerprint density at radius 3 is 2.70 bits per heavy atom. The van der Waals surface area contributed by atoms with E-state index in [1.807, 2.05) is 31.2 Å². The fourth-order valence-corrected chi connectivity index (χ4v) is 2.49. The predicted molar refractivity (Wildman–Crippen MR) is 78.4 cm³/mol. The first-order chi connectivity index (χ1) is 9.65. The number of benzene rings is 1. The van der Waals surface area contributed by atoms with E-state index < -0.39 is 5.41 Å². The molecule has 5 nitrogen and oxygen atoms in total. The molecule has 0 bridgehead atoms. The fraction of sp³-hybridized carbons (Fsp3) is 0.333. The third-order valence-corrected chi connectivity index (χ3v) is 3.99. The molecule has 0 radical (unpaired) electrons. The molecule has 104 valence electrons. The number of carbonyl (C=O) groups excluding carboxylic acids is 1. The number of nitrogens with zero attached hydrogens (tertiary/aromatic N) is 1. The number of amides is 1. The molecular weight excluding hydrogens is 252 g/mol. The number of aromatic nitrogens is 2. The van der Waals surface area contributed by atoms with Crippen molar-refractivity contribution in [3.63, 3.8) is 0 Å². The summed E-state index contributed by atoms with van der Waals surface area (Å²) in [5.74, 6) is 0.737. The summed E-state index contributed by atoms with van der Waals surface area (Å²) in [6.45, 7) is 2.04. The quantitative estimate of drug-likeness (QED) is 0.745. The van der Waals surface area contributed by atoms with Crippen molar-refractivity contribution < 1.29 is 4.79 Å². The highest BCUT2D eigenvalue weighted by atomic mass is 16.2. The Kier molecular flexibility index (Phi) is 2.97. The highest BCUT2D eigenvalue weighted by Crippen LogP contribution is 2.49. The van der Waals surface area contributed by atoms with Gasteiger partial charge in [0.1, 0.15) is 5.82 Å². The van der Waals surface area contributed by atoms with Gasteiger partial charge < -0.3 is 11.1 Å². The van der Waals surface area contributed by atoms with Crippen LogP contribution in [0.2, 0.25) is 0 Å². The van der Waals surface area contributed by atoms with Crippen LogP contribution in [0.1, 0.15) is 30.9 Å². The Morgan fingerprint density at radius 2 is 2.10 bits per heavy atom. The topological polar surface area (TPSA) is 83.8 Å². The number of H-pyrrole nitrogens is 1. The van der Waals surface area contributed by atoms with Gasteiger partial charge >= 0.3 is 0 Å². The molecule has 1 aromatic carbocycles. The normalized spacial score (nSPS) is 15.8. The first-order valence-corrected chi connectivity index (χ1v) is 6.85. The minimum Gasteiger partial charge on any atom is -0.399 e. The smallest absolute Gasteiger partial charge is 0.236 e. The molecule has 1 aliphatic carbocycles. The molecule has 1 heterocycles. The minimum atomic E-state index is -0.399. The predicted octanol–water partition coefficient (Wildman–Crippen LogP) is 2.22. The van der Waals surface area contributed by atoms with Crippen LogP contribution < -0.4 is 11.1 Å². The number of hydrogen-bond acceptors (Lipinski definition) is 3. The summed E-state index contributed by atoms with van der Waals surface area (Å²) in [6.07, 6.45) is 4.33. The Labute approximate surface area is 117 Å². The van der Waals surface area contributed by atoms with E-state index in [1.165, 1.54) is 0 Å². The Morgan fingerprint density at radius 1 is 1.40 bits per heavy atom. The van der Waals surface area contributed by atoms with Crippen molar-refractivity contribution in [1.29, 1.82) is 0 Å². The first kappa shape index (κ1) is 12.7. The van der Waals surface area contributed by atoms with Crippen LogP contribution in [0.3, 0.4) is 0 Å². The Hall–Kier alpha value is -2.30. The summed E-state index contributed by atoms with van der Waals surface area (Å²) in [5.41, 5.74) is 8.07. The molecule has 1 amide bonds. The lowest BCUT2D eigenvalue weighted by atomic mass is 9.94. The fourth-order valence-electron chi connectivity index (χ4n) is 2.49. The molecule has 3 rings (SSSR count). The molecule has 0 aliphatic heterocycles. The third kappa shape index (κ3) is 2.05. The molecule has 0 unspecified atom stereocenters. The summed E-state index contributed by atoms with van der Waals surface area (Å²) in [4.78, 5) is 12.6. The highest BCUT2D eigenvalue weighted by molar-refractivity contribution is 6.01. The molecule has 1 saturated carbocycles. The molecule has 4 N–H and O–H groups in total. The zero-order valence-electron chi connectivity index (χ0n) is 11.4. The van der Waals surface area contributed by atoms with Gasteiger partial charge in [0, 0.05) is 11.3 Å². The molecule has 0 atom stereocenters. The summed E-state index contributed by atoms with van der Waals surface area (Å²) < 4.78 is 0. The lowest BCUT2D eigenvalue weighted by Gasteiger charge is -2.15. The number of nitrogens with one attached hydrogen (secondary N) is 2. The Bertz CT molecular complexity index is 626. The number of aromatic amines is 1. The summed E-state index contributed by atoms with van der Waals surface area (Å²) in [5, 5.41) is 9.79. The average molecular weight is 270 g/mol. The van der Waals surface area contributed by atoms with Gasteiger partial charge in [0.2, 0.25) is 5.91 Å². The van der Waals surface area contributed by atoms with Crippen LogP contribution in [0, 0.1) is 0 Å². The zero-order chi connectivity index (χ0) is 14.2. The van der Waals surface area contributed by atoms with Crippen molar-refractivity contribution in [2.24, 2.45) is 0 Å². The molecule has 20 heavy (non-hydrogen) atoms. The standard InChI is InChI=1S/C15H18N4O/c1-2-10-9-17-19-13(10)18-14(20)15(7-8-15)11-3-5-12(16)6-4-11/h3-6,9H,2,7-8,16H2,1H3,(H2,17,18,19,20). The molecule has 2 aromatic rings. The van der Waals surface area contributed by atoms with Gasteiger partial charge in [0.05, 0.1) is 11.6 Å². The van der Waals surface area contributed by atoms with Gasteiger partial charge in [0.15, 0.2) is 0 Å². The average Bonchev–Trinajstić information content (AvgIpc) is 3.15. The van der Waals surface area contributed by atoms with E-state index in [0.717, 1.165) is 30.4 Å². The number of rotatable bonds is 4. The van der Waals surface area contributed by atoms with Gasteiger partial charge in [0.25, 0.3) is 0 Å². The summed E-state index contributed by atoms with van der Waals surface area (Å²) in [7, 11) is 0. The van der Waals surface area contributed by atoms with Crippen molar-refractivity contribution in [3.8, 4) is 0 Å². The molecule has 1 aliphatic rings. The number of hydrogen-bond donors (Lipinski definition) is 3. The highest BCUT2D eigenvalue weighted by Gasteiger charge is 2.51. The van der Waals surface area contributed by atoms with Crippen molar-refractivity contribution in [3.05, 3.63) is 41.6 Å². The molecule has 1 aromatic heterocycles. The van der Waals surface area contributed by atoms with E-state index in [2.05, 4.69) is 15.5 Å². The Balaban J connectivity index is 1.82. The SMILES string of the molecule is CCc1cn[nH]c1NC(=O)C1(c2ccc(N)cc2)CC1. The molecular formula is C15H18N4O. The van der Waals surface area contributed by atoms with Gasteiger partial charge in [-0.1, -0.05) is 19.1 Å². The van der Waals surface area contributed by atoms with Crippen LogP contribution in [0.25, 0.3) is 0 Å². The van der Waals surface area contributed by atoms with Crippen molar-refractivity contribution >= 4 is 17.4 Å². The molecule has 5 heteroatoms. The van der Waals surface area contributed by atoms with Crippen molar-refractivity contribution in [2.45, 2.75) is 31.6 Å².